The minimum Gasteiger partial charge on any atom is -0.374 e. The van der Waals surface area contributed by atoms with Crippen molar-refractivity contribution in [1.29, 1.82) is 0 Å². The van der Waals surface area contributed by atoms with Crippen LogP contribution in [0.1, 0.15) is 0 Å². The lowest BCUT2D eigenvalue weighted by atomic mass is 10.2. The molecule has 1 atom stereocenters. The van der Waals surface area contributed by atoms with Crippen LogP contribution in [0.15, 0.2) is 36.8 Å². The first kappa shape index (κ1) is 14.0. The number of hydrogen-bond acceptors (Lipinski definition) is 6. The van der Waals surface area contributed by atoms with E-state index in [-0.39, 0.29) is 6.10 Å². The molecule has 0 aliphatic carbocycles. The molecule has 0 spiro atoms. The highest BCUT2D eigenvalue weighted by Gasteiger charge is 2.20. The van der Waals surface area contributed by atoms with Crippen molar-refractivity contribution in [3.8, 4) is 0 Å². The molecule has 3 heterocycles. The molecule has 1 saturated heterocycles. The van der Waals surface area contributed by atoms with E-state index >= 15 is 0 Å². The first-order valence-corrected chi connectivity index (χ1v) is 7.23. The second kappa shape index (κ2) is 7.14. The monoisotopic (exact) mass is 288 g/mol. The average Bonchev–Trinajstić information content (AvgIpc) is 3.06. The molecule has 3 rings (SSSR count). The van der Waals surface area contributed by atoms with Crippen LogP contribution in [0.3, 0.4) is 0 Å². The molecule has 1 aliphatic heterocycles. The number of aromatic nitrogens is 4. The van der Waals surface area contributed by atoms with Crippen LogP contribution in [-0.2, 0) is 11.3 Å². The molecule has 0 radical (unpaired) electrons. The maximum atomic E-state index is 5.79. The Labute approximate surface area is 123 Å². The summed E-state index contributed by atoms with van der Waals surface area (Å²) < 4.78 is 7.75. The van der Waals surface area contributed by atoms with Crippen molar-refractivity contribution in [2.75, 3.05) is 38.1 Å². The molecule has 7 heteroatoms. The number of ether oxygens (including phenoxy) is 1. The summed E-state index contributed by atoms with van der Waals surface area (Å²) in [7, 11) is 0. The van der Waals surface area contributed by atoms with Crippen LogP contribution in [0.2, 0.25) is 0 Å². The third-order valence-electron chi connectivity index (χ3n) is 3.51. The lowest BCUT2D eigenvalue weighted by Gasteiger charge is -2.33. The molecule has 2 aromatic rings. The molecule has 21 heavy (non-hydrogen) atoms. The Morgan fingerprint density at radius 2 is 2.29 bits per heavy atom. The fourth-order valence-corrected chi connectivity index (χ4v) is 2.40. The quantitative estimate of drug-likeness (QED) is 0.834. The van der Waals surface area contributed by atoms with E-state index in [1.54, 1.807) is 6.20 Å². The van der Waals surface area contributed by atoms with Gasteiger partial charge in [-0.15, -0.1) is 5.10 Å². The fourth-order valence-electron chi connectivity index (χ4n) is 2.40. The van der Waals surface area contributed by atoms with Gasteiger partial charge in [0, 0.05) is 44.8 Å². The third-order valence-corrected chi connectivity index (χ3v) is 3.51. The molecule has 0 amide bonds. The van der Waals surface area contributed by atoms with Crippen molar-refractivity contribution in [2.24, 2.45) is 0 Å². The van der Waals surface area contributed by atoms with Crippen molar-refractivity contribution in [3.05, 3.63) is 36.8 Å². The van der Waals surface area contributed by atoms with Gasteiger partial charge in [0.1, 0.15) is 5.82 Å². The minimum absolute atomic E-state index is 0.179. The smallest absolute Gasteiger partial charge is 0.148 e. The molecule has 1 N–H and O–H groups in total. The number of nitrogens with zero attached hydrogens (tertiary/aromatic N) is 5. The summed E-state index contributed by atoms with van der Waals surface area (Å²) in [6.07, 6.45) is 5.65. The standard InChI is InChI=1S/C14H20N6O/c1-3-14(18-16-4-1)15-11-13-12-19(9-10-21-13)7-8-20-6-2-5-17-20/h1-6,13H,7-12H2,(H,15,18)/t13-/m1/s1. The van der Waals surface area contributed by atoms with Crippen LogP contribution in [-0.4, -0.2) is 63.8 Å². The van der Waals surface area contributed by atoms with E-state index in [0.717, 1.165) is 45.1 Å². The molecule has 1 aliphatic rings. The lowest BCUT2D eigenvalue weighted by Crippen LogP contribution is -2.46. The summed E-state index contributed by atoms with van der Waals surface area (Å²) in [5.74, 6) is 0.787. The van der Waals surface area contributed by atoms with Crippen molar-refractivity contribution in [1.82, 2.24) is 24.9 Å². The molecule has 0 aromatic carbocycles. The summed E-state index contributed by atoms with van der Waals surface area (Å²) in [6, 6.07) is 5.73. The normalized spacial score (nSPS) is 19.5. The number of rotatable bonds is 6. The highest BCUT2D eigenvalue weighted by molar-refractivity contribution is 5.31. The highest BCUT2D eigenvalue weighted by atomic mass is 16.5. The Bertz CT molecular complexity index is 518. The molecule has 1 fully saturated rings. The van der Waals surface area contributed by atoms with Gasteiger partial charge in [-0.25, -0.2) is 0 Å². The molecular formula is C14H20N6O. The van der Waals surface area contributed by atoms with Crippen LogP contribution in [0.4, 0.5) is 5.82 Å². The Kier molecular flexibility index (Phi) is 4.75. The summed E-state index contributed by atoms with van der Waals surface area (Å²) in [5, 5.41) is 15.3. The lowest BCUT2D eigenvalue weighted by molar-refractivity contribution is -0.0222. The SMILES string of the molecule is c1cnnc(NC[C@@H]2CN(CCn3cccn3)CCO2)c1. The Morgan fingerprint density at radius 1 is 1.29 bits per heavy atom. The van der Waals surface area contributed by atoms with E-state index in [2.05, 4.69) is 25.5 Å². The second-order valence-corrected chi connectivity index (χ2v) is 5.05. The van der Waals surface area contributed by atoms with Gasteiger partial charge >= 0.3 is 0 Å². The average molecular weight is 288 g/mol. The van der Waals surface area contributed by atoms with Crippen LogP contribution in [0.5, 0.6) is 0 Å². The van der Waals surface area contributed by atoms with Crippen molar-refractivity contribution < 1.29 is 4.74 Å². The third kappa shape index (κ3) is 4.24. The van der Waals surface area contributed by atoms with Gasteiger partial charge in [0.15, 0.2) is 0 Å². The van der Waals surface area contributed by atoms with Gasteiger partial charge in [-0.1, -0.05) is 0 Å². The van der Waals surface area contributed by atoms with Crippen LogP contribution in [0, 0.1) is 0 Å². The predicted molar refractivity (Wildman–Crippen MR) is 78.9 cm³/mol. The maximum Gasteiger partial charge on any atom is 0.148 e. The Hall–Kier alpha value is -1.99. The van der Waals surface area contributed by atoms with E-state index < -0.39 is 0 Å². The zero-order chi connectivity index (χ0) is 14.3. The van der Waals surface area contributed by atoms with E-state index in [1.807, 2.05) is 35.3 Å². The molecule has 2 aromatic heterocycles. The summed E-state index contributed by atoms with van der Waals surface area (Å²) in [6.45, 7) is 5.32. The van der Waals surface area contributed by atoms with Gasteiger partial charge in [0.05, 0.1) is 19.3 Å². The van der Waals surface area contributed by atoms with E-state index in [9.17, 15) is 0 Å². The van der Waals surface area contributed by atoms with Gasteiger partial charge in [0.2, 0.25) is 0 Å². The van der Waals surface area contributed by atoms with E-state index in [4.69, 9.17) is 4.74 Å². The van der Waals surface area contributed by atoms with Crippen LogP contribution in [0.25, 0.3) is 0 Å². The van der Waals surface area contributed by atoms with Gasteiger partial charge < -0.3 is 10.1 Å². The highest BCUT2D eigenvalue weighted by Crippen LogP contribution is 2.07. The van der Waals surface area contributed by atoms with Gasteiger partial charge in [0.25, 0.3) is 0 Å². The zero-order valence-corrected chi connectivity index (χ0v) is 11.9. The topological polar surface area (TPSA) is 68.1 Å². The molecular weight excluding hydrogens is 268 g/mol. The van der Waals surface area contributed by atoms with Gasteiger partial charge in [-0.2, -0.15) is 10.2 Å². The summed E-state index contributed by atoms with van der Waals surface area (Å²) >= 11 is 0. The number of morpholine rings is 1. The van der Waals surface area contributed by atoms with Crippen molar-refractivity contribution in [2.45, 2.75) is 12.6 Å². The van der Waals surface area contributed by atoms with E-state index in [0.29, 0.717) is 0 Å². The van der Waals surface area contributed by atoms with Crippen molar-refractivity contribution in [3.63, 3.8) is 0 Å². The Morgan fingerprint density at radius 3 is 3.10 bits per heavy atom. The van der Waals surface area contributed by atoms with Crippen molar-refractivity contribution >= 4 is 5.82 Å². The Balaban J connectivity index is 1.42. The summed E-state index contributed by atoms with van der Waals surface area (Å²) in [4.78, 5) is 2.41. The summed E-state index contributed by atoms with van der Waals surface area (Å²) in [5.41, 5.74) is 0. The van der Waals surface area contributed by atoms with Gasteiger partial charge in [-0.05, 0) is 18.2 Å². The molecule has 0 unspecified atom stereocenters. The predicted octanol–water partition coefficient (Wildman–Crippen LogP) is 0.486. The second-order valence-electron chi connectivity index (χ2n) is 5.05. The first-order valence-electron chi connectivity index (χ1n) is 7.23. The zero-order valence-electron chi connectivity index (χ0n) is 11.9. The fraction of sp³-hybridized carbons (Fsp3) is 0.500. The molecule has 0 bridgehead atoms. The van der Waals surface area contributed by atoms with Crippen LogP contribution < -0.4 is 5.32 Å². The molecule has 112 valence electrons. The minimum atomic E-state index is 0.179. The maximum absolute atomic E-state index is 5.79. The largest absolute Gasteiger partial charge is 0.374 e. The van der Waals surface area contributed by atoms with Crippen LogP contribution >= 0.6 is 0 Å². The van der Waals surface area contributed by atoms with Gasteiger partial charge in [-0.3, -0.25) is 9.58 Å². The number of nitrogens with one attached hydrogen (secondary N) is 1. The molecule has 7 nitrogen and oxygen atoms in total. The van der Waals surface area contributed by atoms with E-state index in [1.165, 1.54) is 0 Å². The molecule has 0 saturated carbocycles. The number of hydrogen-bond donors (Lipinski definition) is 1. The first-order chi connectivity index (χ1) is 10.4. The number of anilines is 1.